The number of nitrogens with one attached hydrogen (secondary N) is 2. The Morgan fingerprint density at radius 3 is 2.46 bits per heavy atom. The van der Waals surface area contributed by atoms with Gasteiger partial charge in [-0.15, -0.1) is 24.0 Å². The Morgan fingerprint density at radius 1 is 1.25 bits per heavy atom. The van der Waals surface area contributed by atoms with E-state index in [4.69, 9.17) is 0 Å². The Morgan fingerprint density at radius 2 is 1.96 bits per heavy atom. The predicted molar refractivity (Wildman–Crippen MR) is 114 cm³/mol. The summed E-state index contributed by atoms with van der Waals surface area (Å²) in [6.07, 6.45) is 6.07. The molecule has 0 radical (unpaired) electrons. The van der Waals surface area contributed by atoms with Crippen LogP contribution in [0.25, 0.3) is 0 Å². The first-order valence-electron chi connectivity index (χ1n) is 8.96. The van der Waals surface area contributed by atoms with Crippen LogP contribution in [-0.4, -0.2) is 35.9 Å². The van der Waals surface area contributed by atoms with Crippen LogP contribution in [0.1, 0.15) is 56.5 Å². The monoisotopic (exact) mass is 449 g/mol. The van der Waals surface area contributed by atoms with Crippen LogP contribution < -0.4 is 10.6 Å². The highest BCUT2D eigenvalue weighted by atomic mass is 127. The van der Waals surface area contributed by atoms with Crippen LogP contribution >= 0.6 is 24.0 Å². The number of rotatable bonds is 9. The third-order valence-electron chi connectivity index (χ3n) is 4.65. The Labute approximate surface area is 165 Å². The molecule has 0 aliphatic heterocycles. The van der Waals surface area contributed by atoms with Gasteiger partial charge in [-0.25, -0.2) is 0 Å². The molecule has 0 aliphatic carbocycles. The smallest absolute Gasteiger partial charge is 0.190 e. The average Bonchev–Trinajstić information content (AvgIpc) is 2.79. The van der Waals surface area contributed by atoms with Crippen molar-refractivity contribution in [1.29, 1.82) is 0 Å². The topological polar surface area (TPSA) is 54.2 Å². The molecule has 24 heavy (non-hydrogen) atoms. The zero-order valence-corrected chi connectivity index (χ0v) is 18.6. The molecule has 1 aromatic rings. The Kier molecular flexibility index (Phi) is 12.1. The molecule has 1 heterocycles. The van der Waals surface area contributed by atoms with Gasteiger partial charge in [-0.3, -0.25) is 9.67 Å². The SMILES string of the molecule is CCCCC(CC)CNC(=NC)NCCc1c(C)nn(C)c1C.I. The summed E-state index contributed by atoms with van der Waals surface area (Å²) < 4.78 is 1.96. The summed E-state index contributed by atoms with van der Waals surface area (Å²) in [6, 6.07) is 0. The normalized spacial score (nSPS) is 12.7. The number of nitrogens with zero attached hydrogens (tertiary/aromatic N) is 3. The lowest BCUT2D eigenvalue weighted by Gasteiger charge is -2.18. The molecule has 0 bridgehead atoms. The van der Waals surface area contributed by atoms with Crippen molar-refractivity contribution >= 4 is 29.9 Å². The number of unbranched alkanes of at least 4 members (excludes halogenated alkanes) is 1. The van der Waals surface area contributed by atoms with Crippen LogP contribution in [0.3, 0.4) is 0 Å². The highest BCUT2D eigenvalue weighted by Crippen LogP contribution is 2.12. The van der Waals surface area contributed by atoms with E-state index in [1.165, 1.54) is 36.9 Å². The zero-order valence-electron chi connectivity index (χ0n) is 16.3. The summed E-state index contributed by atoms with van der Waals surface area (Å²) in [4.78, 5) is 4.33. The molecule has 6 heteroatoms. The molecule has 1 atom stereocenters. The minimum atomic E-state index is 0. The molecule has 0 saturated carbocycles. The van der Waals surface area contributed by atoms with E-state index in [0.29, 0.717) is 0 Å². The molecule has 0 saturated heterocycles. The third kappa shape index (κ3) is 7.40. The first kappa shape index (κ1) is 23.2. The van der Waals surface area contributed by atoms with E-state index in [1.807, 2.05) is 18.8 Å². The summed E-state index contributed by atoms with van der Waals surface area (Å²) in [5, 5.41) is 11.4. The molecule has 1 aromatic heterocycles. The molecular weight excluding hydrogens is 413 g/mol. The summed E-state index contributed by atoms with van der Waals surface area (Å²) in [6.45, 7) is 10.6. The van der Waals surface area contributed by atoms with Crippen molar-refractivity contribution in [1.82, 2.24) is 20.4 Å². The van der Waals surface area contributed by atoms with Crippen molar-refractivity contribution in [2.45, 2.75) is 59.8 Å². The van der Waals surface area contributed by atoms with Crippen molar-refractivity contribution in [3.05, 3.63) is 17.0 Å². The van der Waals surface area contributed by atoms with Crippen molar-refractivity contribution in [2.75, 3.05) is 20.1 Å². The van der Waals surface area contributed by atoms with Gasteiger partial charge in [0.2, 0.25) is 0 Å². The Hall–Kier alpha value is -0.790. The van der Waals surface area contributed by atoms with Crippen LogP contribution in [0.2, 0.25) is 0 Å². The highest BCUT2D eigenvalue weighted by molar-refractivity contribution is 14.0. The van der Waals surface area contributed by atoms with E-state index >= 15 is 0 Å². The molecule has 5 nitrogen and oxygen atoms in total. The lowest BCUT2D eigenvalue weighted by molar-refractivity contribution is 0.444. The standard InChI is InChI=1S/C18H35N5.HI/c1-7-9-10-16(8-2)13-21-18(19-5)20-12-11-17-14(3)22-23(6)15(17)4;/h16H,7-13H2,1-6H3,(H2,19,20,21);1H. The van der Waals surface area contributed by atoms with Gasteiger partial charge in [0.15, 0.2) is 5.96 Å². The van der Waals surface area contributed by atoms with Crippen molar-refractivity contribution in [2.24, 2.45) is 18.0 Å². The fourth-order valence-corrected chi connectivity index (χ4v) is 2.89. The number of aryl methyl sites for hydroxylation is 2. The van der Waals surface area contributed by atoms with Crippen LogP contribution in [0.5, 0.6) is 0 Å². The van der Waals surface area contributed by atoms with Gasteiger partial charge in [-0.1, -0.05) is 33.1 Å². The second-order valence-electron chi connectivity index (χ2n) is 6.32. The fraction of sp³-hybridized carbons (Fsp3) is 0.778. The number of hydrogen-bond donors (Lipinski definition) is 2. The Bertz CT molecular complexity index is 496. The first-order valence-corrected chi connectivity index (χ1v) is 8.96. The van der Waals surface area contributed by atoms with Gasteiger partial charge in [0, 0.05) is 32.9 Å². The predicted octanol–water partition coefficient (Wildman–Crippen LogP) is 3.58. The number of aliphatic imine (C=N–C) groups is 1. The van der Waals surface area contributed by atoms with E-state index in [-0.39, 0.29) is 24.0 Å². The van der Waals surface area contributed by atoms with Crippen molar-refractivity contribution < 1.29 is 0 Å². The lowest BCUT2D eigenvalue weighted by Crippen LogP contribution is -2.40. The van der Waals surface area contributed by atoms with Gasteiger partial charge >= 0.3 is 0 Å². The maximum Gasteiger partial charge on any atom is 0.190 e. The number of hydrogen-bond acceptors (Lipinski definition) is 2. The molecule has 2 N–H and O–H groups in total. The number of aromatic nitrogens is 2. The van der Waals surface area contributed by atoms with Gasteiger partial charge in [0.05, 0.1) is 5.69 Å². The van der Waals surface area contributed by atoms with E-state index in [0.717, 1.165) is 37.1 Å². The van der Waals surface area contributed by atoms with Crippen LogP contribution in [0, 0.1) is 19.8 Å². The molecule has 1 rings (SSSR count). The van der Waals surface area contributed by atoms with Gasteiger partial charge in [-0.05, 0) is 38.2 Å². The molecule has 0 amide bonds. The van der Waals surface area contributed by atoms with Crippen LogP contribution in [0.15, 0.2) is 4.99 Å². The Balaban J connectivity index is 0.00000529. The van der Waals surface area contributed by atoms with E-state index in [2.05, 4.69) is 48.4 Å². The summed E-state index contributed by atoms with van der Waals surface area (Å²) in [5.74, 6) is 1.63. The second kappa shape index (κ2) is 12.6. The van der Waals surface area contributed by atoms with Gasteiger partial charge in [0.25, 0.3) is 0 Å². The molecule has 0 spiro atoms. The fourth-order valence-electron chi connectivity index (χ4n) is 2.89. The lowest BCUT2D eigenvalue weighted by atomic mass is 9.99. The van der Waals surface area contributed by atoms with E-state index in [1.54, 1.807) is 0 Å². The number of halogens is 1. The van der Waals surface area contributed by atoms with Crippen molar-refractivity contribution in [3.8, 4) is 0 Å². The zero-order chi connectivity index (χ0) is 17.2. The summed E-state index contributed by atoms with van der Waals surface area (Å²) in [5.41, 5.74) is 3.71. The highest BCUT2D eigenvalue weighted by Gasteiger charge is 2.10. The molecule has 0 aromatic carbocycles. The molecule has 140 valence electrons. The minimum Gasteiger partial charge on any atom is -0.356 e. The van der Waals surface area contributed by atoms with Crippen molar-refractivity contribution in [3.63, 3.8) is 0 Å². The first-order chi connectivity index (χ1) is 11.0. The van der Waals surface area contributed by atoms with E-state index < -0.39 is 0 Å². The molecular formula is C18H36IN5. The van der Waals surface area contributed by atoms with Gasteiger partial charge in [-0.2, -0.15) is 5.10 Å². The third-order valence-corrected chi connectivity index (χ3v) is 4.65. The quantitative estimate of drug-likeness (QED) is 0.344. The van der Waals surface area contributed by atoms with Gasteiger partial charge < -0.3 is 10.6 Å². The summed E-state index contributed by atoms with van der Waals surface area (Å²) >= 11 is 0. The van der Waals surface area contributed by atoms with E-state index in [9.17, 15) is 0 Å². The van der Waals surface area contributed by atoms with Crippen LogP contribution in [-0.2, 0) is 13.5 Å². The molecule has 0 fully saturated rings. The maximum absolute atomic E-state index is 4.47. The van der Waals surface area contributed by atoms with Crippen LogP contribution in [0.4, 0.5) is 0 Å². The molecule has 0 aliphatic rings. The molecule has 1 unspecified atom stereocenters. The largest absolute Gasteiger partial charge is 0.356 e. The second-order valence-corrected chi connectivity index (χ2v) is 6.32. The average molecular weight is 449 g/mol. The maximum atomic E-state index is 4.47. The summed E-state index contributed by atoms with van der Waals surface area (Å²) in [7, 11) is 3.84. The minimum absolute atomic E-state index is 0. The van der Waals surface area contributed by atoms with Gasteiger partial charge in [0.1, 0.15) is 0 Å². The number of guanidine groups is 1.